The number of hydrogen-bond donors (Lipinski definition) is 7. The molecule has 3 rings (SSSR count). The highest BCUT2D eigenvalue weighted by Gasteiger charge is 2.43. The van der Waals surface area contributed by atoms with Crippen LogP contribution in [0.3, 0.4) is 0 Å². The molecular weight excluding hydrogens is 382 g/mol. The van der Waals surface area contributed by atoms with Crippen molar-refractivity contribution in [1.29, 1.82) is 0 Å². The number of amides is 1. The zero-order valence-electron chi connectivity index (χ0n) is 15.8. The van der Waals surface area contributed by atoms with Crippen LogP contribution in [0.1, 0.15) is 12.6 Å². The van der Waals surface area contributed by atoms with Crippen molar-refractivity contribution >= 4 is 22.8 Å². The summed E-state index contributed by atoms with van der Waals surface area (Å²) in [6.07, 6.45) is -0.422. The summed E-state index contributed by atoms with van der Waals surface area (Å²) >= 11 is 0. The van der Waals surface area contributed by atoms with E-state index in [1.807, 2.05) is 0 Å². The topological polar surface area (TPSA) is 194 Å². The summed E-state index contributed by atoms with van der Waals surface area (Å²) in [5.41, 5.74) is 11.4. The molecule has 1 saturated heterocycles. The number of nitrogens with one attached hydrogen (secondary N) is 2. The second-order valence-corrected chi connectivity index (χ2v) is 6.82. The number of carbonyl (C=O) groups excluding carboxylic acids is 1. The Morgan fingerprint density at radius 1 is 1.31 bits per heavy atom. The van der Waals surface area contributed by atoms with Gasteiger partial charge in [-0.15, -0.1) is 0 Å². The molecule has 29 heavy (non-hydrogen) atoms. The van der Waals surface area contributed by atoms with Crippen LogP contribution in [0.5, 0.6) is 0 Å². The second kappa shape index (κ2) is 9.43. The number of anilines is 1. The van der Waals surface area contributed by atoms with Crippen LogP contribution in [0.4, 0.5) is 5.82 Å². The SMILES string of the molecule is NC[C@@H](N)C(=O)NCCCNc1ncnc2c1ccn2[C@@H]1O[C@H](CO)[C@@H](O)[C@H]1O. The molecule has 0 unspecified atom stereocenters. The van der Waals surface area contributed by atoms with E-state index in [4.69, 9.17) is 16.2 Å². The average molecular weight is 409 g/mol. The van der Waals surface area contributed by atoms with Crippen LogP contribution >= 0.6 is 0 Å². The van der Waals surface area contributed by atoms with Gasteiger partial charge in [0.15, 0.2) is 6.23 Å². The fourth-order valence-electron chi connectivity index (χ4n) is 3.17. The number of ether oxygens (including phenoxy) is 1. The molecule has 3 heterocycles. The van der Waals surface area contributed by atoms with Gasteiger partial charge < -0.3 is 46.7 Å². The molecule has 12 nitrogen and oxygen atoms in total. The minimum atomic E-state index is -1.20. The van der Waals surface area contributed by atoms with Crippen molar-refractivity contribution in [2.45, 2.75) is 37.0 Å². The van der Waals surface area contributed by atoms with Gasteiger partial charge in [0.1, 0.15) is 36.1 Å². The zero-order chi connectivity index (χ0) is 21.0. The first-order valence-corrected chi connectivity index (χ1v) is 9.39. The largest absolute Gasteiger partial charge is 0.394 e. The number of aliphatic hydroxyl groups excluding tert-OH is 3. The average Bonchev–Trinajstić information content (AvgIpc) is 3.28. The fraction of sp³-hybridized carbons (Fsp3) is 0.588. The summed E-state index contributed by atoms with van der Waals surface area (Å²) in [6, 6.07) is 1.07. The van der Waals surface area contributed by atoms with E-state index >= 15 is 0 Å². The molecule has 9 N–H and O–H groups in total. The van der Waals surface area contributed by atoms with E-state index in [1.54, 1.807) is 16.8 Å². The van der Waals surface area contributed by atoms with Crippen molar-refractivity contribution in [1.82, 2.24) is 19.9 Å². The highest BCUT2D eigenvalue weighted by molar-refractivity contribution is 5.87. The molecule has 0 bridgehead atoms. The first-order valence-electron chi connectivity index (χ1n) is 9.39. The third-order valence-electron chi connectivity index (χ3n) is 4.84. The maximum atomic E-state index is 11.6. The minimum Gasteiger partial charge on any atom is -0.394 e. The van der Waals surface area contributed by atoms with Crippen LogP contribution in [-0.2, 0) is 9.53 Å². The maximum absolute atomic E-state index is 11.6. The van der Waals surface area contributed by atoms with Gasteiger partial charge >= 0.3 is 0 Å². The van der Waals surface area contributed by atoms with Gasteiger partial charge in [0.05, 0.1) is 18.0 Å². The van der Waals surface area contributed by atoms with E-state index in [0.29, 0.717) is 36.4 Å². The number of aromatic nitrogens is 3. The molecule has 2 aromatic heterocycles. The van der Waals surface area contributed by atoms with Crippen molar-refractivity contribution in [2.75, 3.05) is 31.6 Å². The van der Waals surface area contributed by atoms with E-state index in [0.717, 1.165) is 0 Å². The zero-order valence-corrected chi connectivity index (χ0v) is 15.8. The Balaban J connectivity index is 1.62. The number of nitrogens with two attached hydrogens (primary N) is 2. The highest BCUT2D eigenvalue weighted by atomic mass is 16.6. The van der Waals surface area contributed by atoms with Crippen LogP contribution in [-0.4, -0.2) is 86.4 Å². The van der Waals surface area contributed by atoms with Crippen LogP contribution in [0.25, 0.3) is 11.0 Å². The summed E-state index contributed by atoms with van der Waals surface area (Å²) in [4.78, 5) is 20.1. The predicted octanol–water partition coefficient (Wildman–Crippen LogP) is -2.75. The third kappa shape index (κ3) is 4.47. The molecular formula is C17H27N7O5. The number of hydrogen-bond acceptors (Lipinski definition) is 10. The van der Waals surface area contributed by atoms with Gasteiger partial charge in [0, 0.05) is 25.8 Å². The van der Waals surface area contributed by atoms with Gasteiger partial charge in [-0.1, -0.05) is 0 Å². The monoisotopic (exact) mass is 409 g/mol. The first kappa shape index (κ1) is 21.4. The van der Waals surface area contributed by atoms with E-state index in [1.165, 1.54) is 6.33 Å². The second-order valence-electron chi connectivity index (χ2n) is 6.82. The Morgan fingerprint density at radius 2 is 2.10 bits per heavy atom. The number of rotatable bonds is 9. The summed E-state index contributed by atoms with van der Waals surface area (Å²) in [7, 11) is 0. The van der Waals surface area contributed by atoms with Gasteiger partial charge in [0.2, 0.25) is 5.91 Å². The molecule has 0 radical (unpaired) electrons. The molecule has 1 aliphatic rings. The molecule has 0 saturated carbocycles. The van der Waals surface area contributed by atoms with Gasteiger partial charge in [-0.05, 0) is 12.5 Å². The van der Waals surface area contributed by atoms with E-state index < -0.39 is 37.2 Å². The quantitative estimate of drug-likeness (QED) is 0.213. The summed E-state index contributed by atoms with van der Waals surface area (Å²) in [6.45, 7) is 0.679. The Kier molecular flexibility index (Phi) is 6.95. The minimum absolute atomic E-state index is 0.0927. The maximum Gasteiger partial charge on any atom is 0.238 e. The van der Waals surface area contributed by atoms with Crippen molar-refractivity contribution < 1.29 is 24.9 Å². The Hall–Kier alpha value is -2.35. The van der Waals surface area contributed by atoms with E-state index in [9.17, 15) is 20.1 Å². The Labute approximate surface area is 166 Å². The predicted molar refractivity (Wildman–Crippen MR) is 104 cm³/mol. The Morgan fingerprint density at radius 3 is 2.79 bits per heavy atom. The molecule has 5 atom stereocenters. The molecule has 1 aliphatic heterocycles. The van der Waals surface area contributed by atoms with E-state index in [2.05, 4.69) is 20.6 Å². The molecule has 2 aromatic rings. The number of carbonyl (C=O) groups is 1. The normalized spacial score (nSPS) is 25.3. The van der Waals surface area contributed by atoms with Gasteiger partial charge in [-0.25, -0.2) is 9.97 Å². The van der Waals surface area contributed by atoms with Crippen LogP contribution in [0.2, 0.25) is 0 Å². The lowest BCUT2D eigenvalue weighted by Gasteiger charge is -2.17. The molecule has 0 aromatic carbocycles. The number of aliphatic hydroxyl groups is 3. The van der Waals surface area contributed by atoms with Crippen LogP contribution < -0.4 is 22.1 Å². The van der Waals surface area contributed by atoms with Gasteiger partial charge in [-0.2, -0.15) is 0 Å². The van der Waals surface area contributed by atoms with Crippen molar-refractivity contribution in [3.8, 4) is 0 Å². The molecule has 12 heteroatoms. The van der Waals surface area contributed by atoms with Gasteiger partial charge in [0.25, 0.3) is 0 Å². The first-order chi connectivity index (χ1) is 14.0. The lowest BCUT2D eigenvalue weighted by Crippen LogP contribution is -2.45. The summed E-state index contributed by atoms with van der Waals surface area (Å²) in [5.74, 6) is 0.304. The molecule has 0 spiro atoms. The lowest BCUT2D eigenvalue weighted by molar-refractivity contribution is -0.122. The molecule has 0 aliphatic carbocycles. The fourth-order valence-corrected chi connectivity index (χ4v) is 3.17. The van der Waals surface area contributed by atoms with Gasteiger partial charge in [-0.3, -0.25) is 4.79 Å². The van der Waals surface area contributed by atoms with Crippen LogP contribution in [0.15, 0.2) is 18.6 Å². The van der Waals surface area contributed by atoms with Crippen molar-refractivity contribution in [3.63, 3.8) is 0 Å². The smallest absolute Gasteiger partial charge is 0.238 e. The van der Waals surface area contributed by atoms with Crippen molar-refractivity contribution in [2.24, 2.45) is 11.5 Å². The molecule has 1 fully saturated rings. The summed E-state index contributed by atoms with van der Waals surface area (Å²) in [5, 5.41) is 36.1. The molecule has 1 amide bonds. The lowest BCUT2D eigenvalue weighted by atomic mass is 10.1. The summed E-state index contributed by atoms with van der Waals surface area (Å²) < 4.78 is 7.16. The number of nitrogens with zero attached hydrogens (tertiary/aromatic N) is 3. The molecule has 160 valence electrons. The third-order valence-corrected chi connectivity index (χ3v) is 4.84. The Bertz CT molecular complexity index is 832. The van der Waals surface area contributed by atoms with Crippen molar-refractivity contribution in [3.05, 3.63) is 18.6 Å². The highest BCUT2D eigenvalue weighted by Crippen LogP contribution is 2.32. The number of fused-ring (bicyclic) bond motifs is 1. The van der Waals surface area contributed by atoms with E-state index in [-0.39, 0.29) is 12.5 Å². The van der Waals surface area contributed by atoms with Crippen LogP contribution in [0, 0.1) is 0 Å². The standard InChI is InChI=1S/C17H27N7O5/c18-6-10(19)16(28)21-4-1-3-20-14-9-2-5-24(15(9)23-8-22-14)17-13(27)12(26)11(7-25)29-17/h2,5,8,10-13,17,25-27H,1,3-4,6-7,18-19H2,(H,21,28)(H,20,22,23)/t10-,11-,12-,13-,17-/m1/s1.